The van der Waals surface area contributed by atoms with Crippen molar-refractivity contribution >= 4 is 33.4 Å². The van der Waals surface area contributed by atoms with Crippen LogP contribution in [0.1, 0.15) is 23.8 Å². The van der Waals surface area contributed by atoms with Crippen molar-refractivity contribution in [3.8, 4) is 0 Å². The SMILES string of the molecule is CC1CN(C(=O)c2csnn2)CCC1Br. The quantitative estimate of drug-likeness (QED) is 0.741. The third-order valence-electron chi connectivity index (χ3n) is 2.67. The van der Waals surface area contributed by atoms with E-state index in [0.29, 0.717) is 16.4 Å². The molecule has 2 rings (SSSR count). The van der Waals surface area contributed by atoms with E-state index in [2.05, 4.69) is 32.4 Å². The maximum atomic E-state index is 11.9. The molecule has 0 bridgehead atoms. The maximum absolute atomic E-state index is 11.9. The molecule has 0 spiro atoms. The molecule has 1 saturated heterocycles. The Bertz CT molecular complexity index is 343. The van der Waals surface area contributed by atoms with E-state index in [1.54, 1.807) is 5.38 Å². The Kier molecular flexibility index (Phi) is 3.35. The summed E-state index contributed by atoms with van der Waals surface area (Å²) < 4.78 is 3.71. The van der Waals surface area contributed by atoms with E-state index in [1.807, 2.05) is 4.90 Å². The van der Waals surface area contributed by atoms with Crippen LogP contribution in [0.3, 0.4) is 0 Å². The van der Waals surface area contributed by atoms with Gasteiger partial charge in [-0.1, -0.05) is 27.3 Å². The lowest BCUT2D eigenvalue weighted by molar-refractivity contribution is 0.0684. The van der Waals surface area contributed by atoms with Crippen LogP contribution in [-0.4, -0.2) is 38.3 Å². The zero-order valence-electron chi connectivity index (χ0n) is 8.39. The first kappa shape index (κ1) is 11.0. The van der Waals surface area contributed by atoms with Crippen LogP contribution in [0.25, 0.3) is 0 Å². The van der Waals surface area contributed by atoms with Crippen molar-refractivity contribution in [3.63, 3.8) is 0 Å². The topological polar surface area (TPSA) is 46.1 Å². The second-order valence-corrected chi connectivity index (χ2v) is 5.61. The van der Waals surface area contributed by atoms with Crippen LogP contribution < -0.4 is 0 Å². The smallest absolute Gasteiger partial charge is 0.275 e. The molecule has 0 aliphatic carbocycles. The molecule has 0 N–H and O–H groups in total. The van der Waals surface area contributed by atoms with Crippen molar-refractivity contribution in [2.24, 2.45) is 5.92 Å². The second kappa shape index (κ2) is 4.57. The van der Waals surface area contributed by atoms with Gasteiger partial charge in [0.1, 0.15) is 0 Å². The Morgan fingerprint density at radius 1 is 1.73 bits per heavy atom. The lowest BCUT2D eigenvalue weighted by Gasteiger charge is -2.33. The van der Waals surface area contributed by atoms with Gasteiger partial charge in [0.2, 0.25) is 0 Å². The van der Waals surface area contributed by atoms with Gasteiger partial charge in [0, 0.05) is 23.3 Å². The number of amides is 1. The molecule has 2 atom stereocenters. The van der Waals surface area contributed by atoms with Crippen LogP contribution in [0.15, 0.2) is 5.38 Å². The fourth-order valence-corrected chi connectivity index (χ4v) is 2.52. The highest BCUT2D eigenvalue weighted by Crippen LogP contribution is 2.24. The van der Waals surface area contributed by atoms with Gasteiger partial charge < -0.3 is 4.90 Å². The lowest BCUT2D eigenvalue weighted by atomic mass is 10.00. The van der Waals surface area contributed by atoms with Gasteiger partial charge in [0.25, 0.3) is 5.91 Å². The molecule has 0 aromatic carbocycles. The minimum atomic E-state index is 0.00926. The molecular weight excluding hydrogens is 278 g/mol. The van der Waals surface area contributed by atoms with E-state index >= 15 is 0 Å². The average molecular weight is 290 g/mol. The molecule has 2 unspecified atom stereocenters. The fraction of sp³-hybridized carbons (Fsp3) is 0.667. The van der Waals surface area contributed by atoms with E-state index < -0.39 is 0 Å². The van der Waals surface area contributed by atoms with E-state index in [4.69, 9.17) is 0 Å². The molecule has 0 radical (unpaired) electrons. The number of halogens is 1. The number of alkyl halides is 1. The first-order chi connectivity index (χ1) is 7.18. The van der Waals surface area contributed by atoms with Gasteiger partial charge in [-0.3, -0.25) is 4.79 Å². The molecule has 1 aromatic heterocycles. The van der Waals surface area contributed by atoms with Crippen molar-refractivity contribution in [1.29, 1.82) is 0 Å². The van der Waals surface area contributed by atoms with Crippen LogP contribution >= 0.6 is 27.5 Å². The van der Waals surface area contributed by atoms with Crippen LogP contribution in [-0.2, 0) is 0 Å². The molecule has 2 heterocycles. The van der Waals surface area contributed by atoms with E-state index in [-0.39, 0.29) is 5.91 Å². The highest BCUT2D eigenvalue weighted by atomic mass is 79.9. The van der Waals surface area contributed by atoms with Crippen molar-refractivity contribution in [2.75, 3.05) is 13.1 Å². The van der Waals surface area contributed by atoms with E-state index in [9.17, 15) is 4.79 Å². The first-order valence-corrected chi connectivity index (χ1v) is 6.64. The molecule has 0 saturated carbocycles. The van der Waals surface area contributed by atoms with Crippen LogP contribution in [0, 0.1) is 5.92 Å². The number of likely N-dealkylation sites (tertiary alicyclic amines) is 1. The number of hydrogen-bond donors (Lipinski definition) is 0. The Morgan fingerprint density at radius 2 is 2.53 bits per heavy atom. The molecule has 6 heteroatoms. The van der Waals surface area contributed by atoms with Crippen molar-refractivity contribution in [1.82, 2.24) is 14.5 Å². The summed E-state index contributed by atoms with van der Waals surface area (Å²) in [6.45, 7) is 3.75. The third-order valence-corrected chi connectivity index (χ3v) is 4.53. The molecular formula is C9H12BrN3OS. The molecule has 1 aliphatic rings. The summed E-state index contributed by atoms with van der Waals surface area (Å²) in [4.78, 5) is 14.3. The van der Waals surface area contributed by atoms with Crippen molar-refractivity contribution in [2.45, 2.75) is 18.2 Å². The molecule has 4 nitrogen and oxygen atoms in total. The largest absolute Gasteiger partial charge is 0.337 e. The predicted octanol–water partition coefficient (Wildman–Crippen LogP) is 1.78. The number of hydrogen-bond acceptors (Lipinski definition) is 4. The zero-order chi connectivity index (χ0) is 10.8. The van der Waals surface area contributed by atoms with Crippen LogP contribution in [0.5, 0.6) is 0 Å². The monoisotopic (exact) mass is 289 g/mol. The van der Waals surface area contributed by atoms with Gasteiger partial charge in [-0.25, -0.2) is 0 Å². The fourth-order valence-electron chi connectivity index (χ4n) is 1.72. The molecule has 15 heavy (non-hydrogen) atoms. The minimum absolute atomic E-state index is 0.00926. The standard InChI is InChI=1S/C9H12BrN3OS/c1-6-4-13(3-2-7(6)10)9(14)8-5-15-12-11-8/h5-7H,2-4H2,1H3. The van der Waals surface area contributed by atoms with Gasteiger partial charge in [-0.15, -0.1) is 5.10 Å². The number of carbonyl (C=O) groups excluding carboxylic acids is 1. The van der Waals surface area contributed by atoms with Crippen LogP contribution in [0.4, 0.5) is 0 Å². The van der Waals surface area contributed by atoms with Gasteiger partial charge in [-0.2, -0.15) is 0 Å². The minimum Gasteiger partial charge on any atom is -0.337 e. The molecule has 1 aliphatic heterocycles. The first-order valence-electron chi connectivity index (χ1n) is 4.89. The predicted molar refractivity (Wildman–Crippen MR) is 62.3 cm³/mol. The highest BCUT2D eigenvalue weighted by Gasteiger charge is 2.28. The molecule has 82 valence electrons. The van der Waals surface area contributed by atoms with Crippen LogP contribution in [0.2, 0.25) is 0 Å². The highest BCUT2D eigenvalue weighted by molar-refractivity contribution is 9.09. The Hall–Kier alpha value is -0.490. The number of rotatable bonds is 1. The summed E-state index contributed by atoms with van der Waals surface area (Å²) in [7, 11) is 0. The van der Waals surface area contributed by atoms with E-state index in [1.165, 1.54) is 11.5 Å². The zero-order valence-corrected chi connectivity index (χ0v) is 10.8. The maximum Gasteiger partial charge on any atom is 0.275 e. The van der Waals surface area contributed by atoms with Crippen molar-refractivity contribution in [3.05, 3.63) is 11.1 Å². The number of piperidine rings is 1. The molecule has 1 aromatic rings. The number of carbonyl (C=O) groups is 1. The van der Waals surface area contributed by atoms with Gasteiger partial charge in [-0.05, 0) is 23.9 Å². The number of aromatic nitrogens is 2. The van der Waals surface area contributed by atoms with Gasteiger partial charge >= 0.3 is 0 Å². The summed E-state index contributed by atoms with van der Waals surface area (Å²) in [5.74, 6) is 0.504. The summed E-state index contributed by atoms with van der Waals surface area (Å²) >= 11 is 4.83. The Morgan fingerprint density at radius 3 is 3.13 bits per heavy atom. The summed E-state index contributed by atoms with van der Waals surface area (Å²) in [5.41, 5.74) is 0.472. The normalized spacial score (nSPS) is 26.7. The summed E-state index contributed by atoms with van der Waals surface area (Å²) in [6, 6.07) is 0. The van der Waals surface area contributed by atoms with E-state index in [0.717, 1.165) is 19.5 Å². The number of nitrogens with zero attached hydrogens (tertiary/aromatic N) is 3. The molecule has 1 fully saturated rings. The third kappa shape index (κ3) is 2.36. The Labute approximate surface area is 101 Å². The summed E-state index contributed by atoms with van der Waals surface area (Å²) in [5, 5.41) is 5.50. The molecule has 1 amide bonds. The van der Waals surface area contributed by atoms with Crippen molar-refractivity contribution < 1.29 is 4.79 Å². The summed E-state index contributed by atoms with van der Waals surface area (Å²) in [6.07, 6.45) is 1.00. The van der Waals surface area contributed by atoms with Gasteiger partial charge in [0.05, 0.1) is 0 Å². The second-order valence-electron chi connectivity index (χ2n) is 3.82. The lowest BCUT2D eigenvalue weighted by Crippen LogP contribution is -2.43. The average Bonchev–Trinajstić information content (AvgIpc) is 2.74. The van der Waals surface area contributed by atoms with Gasteiger partial charge in [0.15, 0.2) is 5.69 Å². The Balaban J connectivity index is 2.03.